The highest BCUT2D eigenvalue weighted by Gasteiger charge is 2.12. The molecule has 130 valence electrons. The molecule has 0 bridgehead atoms. The number of fused-ring (bicyclic) bond motifs is 2. The van der Waals surface area contributed by atoms with E-state index in [9.17, 15) is 0 Å². The van der Waals surface area contributed by atoms with Crippen molar-refractivity contribution >= 4 is 38.0 Å². The van der Waals surface area contributed by atoms with E-state index < -0.39 is 0 Å². The average molecular weight is 360 g/mol. The van der Waals surface area contributed by atoms with Gasteiger partial charge in [-0.15, -0.1) is 11.3 Å². The van der Waals surface area contributed by atoms with Gasteiger partial charge in [-0.3, -0.25) is 4.68 Å². The molecule has 0 unspecified atom stereocenters. The van der Waals surface area contributed by atoms with Crippen LogP contribution in [0.1, 0.15) is 17.8 Å². The highest BCUT2D eigenvalue weighted by molar-refractivity contribution is 7.19. The summed E-state index contributed by atoms with van der Waals surface area (Å²) in [5, 5.41) is 10.2. The summed E-state index contributed by atoms with van der Waals surface area (Å²) >= 11 is 1.81. The summed E-state index contributed by atoms with van der Waals surface area (Å²) in [5.74, 6) is 0. The van der Waals surface area contributed by atoms with Crippen molar-refractivity contribution in [1.29, 1.82) is 0 Å². The monoisotopic (exact) mass is 360 g/mol. The third-order valence-electron chi connectivity index (χ3n) is 4.90. The van der Waals surface area contributed by atoms with Crippen LogP contribution in [-0.4, -0.2) is 27.9 Å². The summed E-state index contributed by atoms with van der Waals surface area (Å²) in [6.07, 6.45) is 6.55. The molecule has 0 atom stereocenters. The number of rotatable bonds is 2. The maximum atomic E-state index is 4.88. The highest BCUT2D eigenvalue weighted by Crippen LogP contribution is 2.33. The first-order chi connectivity index (χ1) is 12.8. The Hall–Kier alpha value is -2.50. The Balaban J connectivity index is 1.55. The van der Waals surface area contributed by atoms with Crippen molar-refractivity contribution in [3.63, 3.8) is 0 Å². The minimum atomic E-state index is 1.03. The molecule has 0 radical (unpaired) electrons. The predicted molar refractivity (Wildman–Crippen MR) is 109 cm³/mol. The number of hydrogen-bond acceptors (Lipinski definition) is 4. The van der Waals surface area contributed by atoms with Crippen molar-refractivity contribution in [3.8, 4) is 11.1 Å². The van der Waals surface area contributed by atoms with Crippen molar-refractivity contribution in [2.45, 2.75) is 12.8 Å². The van der Waals surface area contributed by atoms with Crippen LogP contribution in [0.3, 0.4) is 0 Å². The molecule has 4 nitrogen and oxygen atoms in total. The van der Waals surface area contributed by atoms with Crippen molar-refractivity contribution < 1.29 is 0 Å². The fourth-order valence-electron chi connectivity index (χ4n) is 3.56. The molecule has 3 heterocycles. The third-order valence-corrected chi connectivity index (χ3v) is 5.99. The summed E-state index contributed by atoms with van der Waals surface area (Å²) in [6.45, 7) is 2.10. The molecule has 4 aromatic rings. The van der Waals surface area contributed by atoms with E-state index >= 15 is 0 Å². The summed E-state index contributed by atoms with van der Waals surface area (Å²) in [7, 11) is 1.96. The summed E-state index contributed by atoms with van der Waals surface area (Å²) in [4.78, 5) is 4.88. The van der Waals surface area contributed by atoms with Gasteiger partial charge in [-0.05, 0) is 66.9 Å². The van der Waals surface area contributed by atoms with Gasteiger partial charge in [0.2, 0.25) is 0 Å². The zero-order chi connectivity index (χ0) is 17.5. The summed E-state index contributed by atoms with van der Waals surface area (Å²) in [5.41, 5.74) is 5.96. The fraction of sp³-hybridized carbons (Fsp3) is 0.238. The van der Waals surface area contributed by atoms with Gasteiger partial charge in [0.05, 0.1) is 15.7 Å². The number of hydrogen-bond donors (Lipinski definition) is 1. The quantitative estimate of drug-likeness (QED) is 0.567. The maximum Gasteiger partial charge on any atom is 0.120 e. The molecule has 0 aliphatic carbocycles. The van der Waals surface area contributed by atoms with Gasteiger partial charge >= 0.3 is 0 Å². The molecule has 2 aromatic carbocycles. The Morgan fingerprint density at radius 3 is 2.81 bits per heavy atom. The lowest BCUT2D eigenvalue weighted by Crippen LogP contribution is -2.13. The van der Waals surface area contributed by atoms with Crippen LogP contribution in [0, 0.1) is 0 Å². The lowest BCUT2D eigenvalue weighted by atomic mass is 10.0. The molecular formula is C21H20N4S. The molecular weight excluding hydrogens is 340 g/mol. The highest BCUT2D eigenvalue weighted by atomic mass is 32.1. The molecule has 1 N–H and O–H groups in total. The molecule has 0 amide bonds. The number of nitrogens with one attached hydrogen (secondary N) is 1. The minimum absolute atomic E-state index is 1.03. The molecule has 0 saturated heterocycles. The van der Waals surface area contributed by atoms with Crippen LogP contribution >= 0.6 is 11.3 Å². The van der Waals surface area contributed by atoms with Crippen molar-refractivity contribution in [3.05, 3.63) is 53.7 Å². The first kappa shape index (κ1) is 15.7. The van der Waals surface area contributed by atoms with E-state index in [1.165, 1.54) is 31.8 Å². The number of benzene rings is 2. The normalized spacial score (nSPS) is 15.3. The van der Waals surface area contributed by atoms with E-state index in [-0.39, 0.29) is 0 Å². The van der Waals surface area contributed by atoms with Crippen LogP contribution in [-0.2, 0) is 7.05 Å². The minimum Gasteiger partial charge on any atom is -0.316 e. The molecule has 5 heteroatoms. The van der Waals surface area contributed by atoms with Crippen molar-refractivity contribution in [1.82, 2.24) is 20.1 Å². The number of aryl methyl sites for hydroxylation is 1. The van der Waals surface area contributed by atoms with E-state index in [1.807, 2.05) is 11.7 Å². The molecule has 0 saturated carbocycles. The zero-order valence-electron chi connectivity index (χ0n) is 14.7. The third kappa shape index (κ3) is 2.83. The van der Waals surface area contributed by atoms with Gasteiger partial charge in [-0.1, -0.05) is 18.2 Å². The first-order valence-electron chi connectivity index (χ1n) is 9.01. The van der Waals surface area contributed by atoms with Crippen LogP contribution in [0.4, 0.5) is 0 Å². The van der Waals surface area contributed by atoms with Gasteiger partial charge in [-0.2, -0.15) is 5.10 Å². The Kier molecular flexibility index (Phi) is 3.84. The van der Waals surface area contributed by atoms with Crippen molar-refractivity contribution in [2.75, 3.05) is 13.1 Å². The SMILES string of the molecule is Cn1cc2cc(-c3ccc4nc(C5=CCCNCC5)sc4c3)ccc2n1. The fourth-order valence-corrected chi connectivity index (χ4v) is 4.64. The number of aromatic nitrogens is 3. The molecule has 1 aliphatic heterocycles. The van der Waals surface area contributed by atoms with E-state index in [1.54, 1.807) is 11.3 Å². The lowest BCUT2D eigenvalue weighted by molar-refractivity contribution is 0.718. The van der Waals surface area contributed by atoms with Crippen LogP contribution in [0.2, 0.25) is 0 Å². The summed E-state index contributed by atoms with van der Waals surface area (Å²) in [6, 6.07) is 13.0. The second-order valence-electron chi connectivity index (χ2n) is 6.80. The summed E-state index contributed by atoms with van der Waals surface area (Å²) < 4.78 is 3.12. The second-order valence-corrected chi connectivity index (χ2v) is 7.83. The molecule has 0 fully saturated rings. The van der Waals surface area contributed by atoms with Gasteiger partial charge in [-0.25, -0.2) is 4.98 Å². The lowest BCUT2D eigenvalue weighted by Gasteiger charge is -2.01. The van der Waals surface area contributed by atoms with Crippen LogP contribution in [0.5, 0.6) is 0 Å². The largest absolute Gasteiger partial charge is 0.316 e. The van der Waals surface area contributed by atoms with E-state index in [4.69, 9.17) is 4.98 Å². The van der Waals surface area contributed by atoms with Gasteiger partial charge in [0.25, 0.3) is 0 Å². The van der Waals surface area contributed by atoms with E-state index in [2.05, 4.69) is 59.1 Å². The van der Waals surface area contributed by atoms with Gasteiger partial charge in [0.15, 0.2) is 0 Å². The van der Waals surface area contributed by atoms with Gasteiger partial charge in [0, 0.05) is 18.6 Å². The number of nitrogens with zero attached hydrogens (tertiary/aromatic N) is 3. The van der Waals surface area contributed by atoms with Crippen LogP contribution < -0.4 is 5.32 Å². The Morgan fingerprint density at radius 2 is 1.88 bits per heavy atom. The smallest absolute Gasteiger partial charge is 0.120 e. The second kappa shape index (κ2) is 6.34. The molecule has 26 heavy (non-hydrogen) atoms. The van der Waals surface area contributed by atoms with Gasteiger partial charge in [0.1, 0.15) is 5.01 Å². The molecule has 1 aliphatic rings. The Bertz CT molecular complexity index is 1140. The topological polar surface area (TPSA) is 42.7 Å². The van der Waals surface area contributed by atoms with Crippen molar-refractivity contribution in [2.24, 2.45) is 7.05 Å². The maximum absolute atomic E-state index is 4.88. The van der Waals surface area contributed by atoms with Crippen LogP contribution in [0.25, 0.3) is 37.8 Å². The average Bonchev–Trinajstić information content (AvgIpc) is 3.12. The number of thiazole rings is 1. The Morgan fingerprint density at radius 1 is 1.04 bits per heavy atom. The predicted octanol–water partition coefficient (Wildman–Crippen LogP) is 4.62. The molecule has 5 rings (SSSR count). The molecule has 2 aromatic heterocycles. The zero-order valence-corrected chi connectivity index (χ0v) is 15.5. The Labute approximate surface area is 156 Å². The van der Waals surface area contributed by atoms with Gasteiger partial charge < -0.3 is 5.32 Å². The van der Waals surface area contributed by atoms with Crippen LogP contribution in [0.15, 0.2) is 48.7 Å². The van der Waals surface area contributed by atoms with E-state index in [0.29, 0.717) is 0 Å². The standard InChI is InChI=1S/C21H20N4S/c1-25-13-17-11-15(4-6-18(17)24-25)16-5-7-19-20(12-16)26-21(23-19)14-3-2-9-22-10-8-14/h3-7,11-13,22H,2,8-10H2,1H3. The molecule has 0 spiro atoms. The van der Waals surface area contributed by atoms with E-state index in [0.717, 1.165) is 37.0 Å². The first-order valence-corrected chi connectivity index (χ1v) is 9.82.